The quantitative estimate of drug-likeness (QED) is 0.849. The van der Waals surface area contributed by atoms with Gasteiger partial charge in [-0.25, -0.2) is 14.8 Å². The molecule has 3 rings (SSSR count). The zero-order valence-corrected chi connectivity index (χ0v) is 10.7. The normalized spacial score (nSPS) is 14.0. The van der Waals surface area contributed by atoms with Crippen molar-refractivity contribution >= 4 is 5.97 Å². The summed E-state index contributed by atoms with van der Waals surface area (Å²) in [4.78, 5) is 34.0. The highest BCUT2D eigenvalue weighted by Crippen LogP contribution is 2.38. The summed E-state index contributed by atoms with van der Waals surface area (Å²) >= 11 is 0. The largest absolute Gasteiger partial charge is 0.456 e. The van der Waals surface area contributed by atoms with Crippen molar-refractivity contribution in [3.63, 3.8) is 0 Å². The fourth-order valence-electron chi connectivity index (χ4n) is 1.92. The van der Waals surface area contributed by atoms with Gasteiger partial charge in [-0.05, 0) is 30.9 Å². The Labute approximate surface area is 114 Å². The third kappa shape index (κ3) is 2.90. The van der Waals surface area contributed by atoms with E-state index < -0.39 is 5.97 Å². The van der Waals surface area contributed by atoms with Crippen LogP contribution in [0.4, 0.5) is 0 Å². The van der Waals surface area contributed by atoms with E-state index in [9.17, 15) is 9.59 Å². The van der Waals surface area contributed by atoms with Crippen molar-refractivity contribution < 1.29 is 9.53 Å². The third-order valence-electron chi connectivity index (χ3n) is 3.11. The summed E-state index contributed by atoms with van der Waals surface area (Å²) in [5.41, 5.74) is 1.43. The summed E-state index contributed by atoms with van der Waals surface area (Å²) in [6.45, 7) is 0.0624. The van der Waals surface area contributed by atoms with Crippen molar-refractivity contribution in [2.75, 3.05) is 0 Å². The van der Waals surface area contributed by atoms with E-state index in [0.29, 0.717) is 11.6 Å². The standard InChI is InChI=1S/C14H13N3O3/c18-13-6-10(5-12(17-13)9-1-2-9)14(19)20-7-11-3-4-15-8-16-11/h3-6,8-9H,1-2,7H2,(H,17,18). The van der Waals surface area contributed by atoms with Gasteiger partial charge in [0, 0.05) is 18.0 Å². The van der Waals surface area contributed by atoms with Gasteiger partial charge in [-0.15, -0.1) is 0 Å². The third-order valence-corrected chi connectivity index (χ3v) is 3.11. The smallest absolute Gasteiger partial charge is 0.338 e. The van der Waals surface area contributed by atoms with Gasteiger partial charge in [0.2, 0.25) is 5.56 Å². The second-order valence-electron chi connectivity index (χ2n) is 4.74. The summed E-state index contributed by atoms with van der Waals surface area (Å²) in [5.74, 6) is -0.145. The van der Waals surface area contributed by atoms with Gasteiger partial charge < -0.3 is 9.72 Å². The Morgan fingerprint density at radius 2 is 2.25 bits per heavy atom. The van der Waals surface area contributed by atoms with Crippen LogP contribution in [0.25, 0.3) is 0 Å². The summed E-state index contributed by atoms with van der Waals surface area (Å²) in [5, 5.41) is 0. The van der Waals surface area contributed by atoms with Crippen molar-refractivity contribution in [1.82, 2.24) is 15.0 Å². The van der Waals surface area contributed by atoms with Crippen molar-refractivity contribution in [3.8, 4) is 0 Å². The van der Waals surface area contributed by atoms with Crippen LogP contribution in [0.15, 0.2) is 35.5 Å². The number of ether oxygens (including phenoxy) is 1. The molecule has 1 N–H and O–H groups in total. The van der Waals surface area contributed by atoms with Gasteiger partial charge in [0.1, 0.15) is 12.9 Å². The Morgan fingerprint density at radius 3 is 2.95 bits per heavy atom. The van der Waals surface area contributed by atoms with Crippen LogP contribution in [0.2, 0.25) is 0 Å². The van der Waals surface area contributed by atoms with Gasteiger partial charge in [-0.2, -0.15) is 0 Å². The maximum atomic E-state index is 11.9. The lowest BCUT2D eigenvalue weighted by molar-refractivity contribution is 0.0467. The Balaban J connectivity index is 1.72. The molecule has 20 heavy (non-hydrogen) atoms. The second-order valence-corrected chi connectivity index (χ2v) is 4.74. The predicted octanol–water partition coefficient (Wildman–Crippen LogP) is 1.40. The molecule has 102 valence electrons. The van der Waals surface area contributed by atoms with E-state index >= 15 is 0 Å². The predicted molar refractivity (Wildman–Crippen MR) is 70.2 cm³/mol. The molecule has 0 unspecified atom stereocenters. The van der Waals surface area contributed by atoms with Gasteiger partial charge in [0.15, 0.2) is 0 Å². The molecule has 6 heteroatoms. The fourth-order valence-corrected chi connectivity index (χ4v) is 1.92. The van der Waals surface area contributed by atoms with Gasteiger partial charge in [-0.1, -0.05) is 0 Å². The molecule has 1 fully saturated rings. The number of carbonyl (C=O) groups is 1. The Kier molecular flexibility index (Phi) is 3.28. The molecular weight excluding hydrogens is 258 g/mol. The SMILES string of the molecule is O=C(OCc1ccncn1)c1cc(C2CC2)[nH]c(=O)c1. The monoisotopic (exact) mass is 271 g/mol. The van der Waals surface area contributed by atoms with Crippen LogP contribution in [0.3, 0.4) is 0 Å². The van der Waals surface area contributed by atoms with Crippen LogP contribution in [0.5, 0.6) is 0 Å². The Bertz CT molecular complexity index is 678. The van der Waals surface area contributed by atoms with Crippen molar-refractivity contribution in [2.24, 2.45) is 0 Å². The number of hydrogen-bond donors (Lipinski definition) is 1. The first-order valence-electron chi connectivity index (χ1n) is 6.38. The highest BCUT2D eigenvalue weighted by atomic mass is 16.5. The number of rotatable bonds is 4. The van der Waals surface area contributed by atoms with Gasteiger partial charge in [0.25, 0.3) is 0 Å². The van der Waals surface area contributed by atoms with Crippen LogP contribution in [-0.4, -0.2) is 20.9 Å². The first kappa shape index (κ1) is 12.5. The van der Waals surface area contributed by atoms with E-state index in [1.807, 2.05) is 0 Å². The van der Waals surface area contributed by atoms with Crippen LogP contribution in [-0.2, 0) is 11.3 Å². The topological polar surface area (TPSA) is 84.9 Å². The molecule has 0 aromatic carbocycles. The van der Waals surface area contributed by atoms with Gasteiger partial charge >= 0.3 is 5.97 Å². The van der Waals surface area contributed by atoms with E-state index in [4.69, 9.17) is 4.74 Å². The Hall–Kier alpha value is -2.50. The molecule has 0 amide bonds. The molecule has 0 spiro atoms. The number of H-pyrrole nitrogens is 1. The minimum atomic E-state index is -0.517. The first-order valence-corrected chi connectivity index (χ1v) is 6.38. The molecule has 6 nitrogen and oxygen atoms in total. The summed E-state index contributed by atoms with van der Waals surface area (Å²) in [6, 6.07) is 4.62. The number of pyridine rings is 1. The van der Waals surface area contributed by atoms with Crippen molar-refractivity contribution in [3.05, 3.63) is 58.0 Å². The zero-order valence-electron chi connectivity index (χ0n) is 10.7. The van der Waals surface area contributed by atoms with E-state index in [1.165, 1.54) is 12.4 Å². The molecule has 0 aliphatic heterocycles. The molecule has 0 bridgehead atoms. The van der Waals surface area contributed by atoms with Crippen LogP contribution in [0, 0.1) is 0 Å². The highest BCUT2D eigenvalue weighted by Gasteiger charge is 2.25. The molecule has 1 aliphatic rings. The minimum Gasteiger partial charge on any atom is -0.456 e. The van der Waals surface area contributed by atoms with E-state index in [0.717, 1.165) is 18.5 Å². The molecule has 1 aliphatic carbocycles. The highest BCUT2D eigenvalue weighted by molar-refractivity contribution is 5.89. The van der Waals surface area contributed by atoms with Crippen LogP contribution < -0.4 is 5.56 Å². The molecule has 2 aromatic rings. The fraction of sp³-hybridized carbons (Fsp3) is 0.286. The number of aromatic nitrogens is 3. The number of nitrogens with one attached hydrogen (secondary N) is 1. The van der Waals surface area contributed by atoms with E-state index in [-0.39, 0.29) is 17.7 Å². The average molecular weight is 271 g/mol. The molecule has 2 heterocycles. The molecule has 0 saturated heterocycles. The van der Waals surface area contributed by atoms with Crippen LogP contribution >= 0.6 is 0 Å². The molecule has 2 aromatic heterocycles. The maximum absolute atomic E-state index is 11.9. The van der Waals surface area contributed by atoms with Gasteiger partial charge in [-0.3, -0.25) is 4.79 Å². The lowest BCUT2D eigenvalue weighted by Gasteiger charge is -2.05. The van der Waals surface area contributed by atoms with Gasteiger partial charge in [0.05, 0.1) is 11.3 Å². The number of carbonyl (C=O) groups excluding carboxylic acids is 1. The maximum Gasteiger partial charge on any atom is 0.338 e. The summed E-state index contributed by atoms with van der Waals surface area (Å²) in [7, 11) is 0. The first-order chi connectivity index (χ1) is 9.72. The van der Waals surface area contributed by atoms with E-state index in [2.05, 4.69) is 15.0 Å². The molecular formula is C14H13N3O3. The molecule has 0 radical (unpaired) electrons. The average Bonchev–Trinajstić information content (AvgIpc) is 3.30. The second kappa shape index (κ2) is 5.24. The number of nitrogens with zero attached hydrogens (tertiary/aromatic N) is 2. The zero-order chi connectivity index (χ0) is 13.9. The van der Waals surface area contributed by atoms with Crippen molar-refractivity contribution in [1.29, 1.82) is 0 Å². The molecule has 1 saturated carbocycles. The number of aromatic amines is 1. The summed E-state index contributed by atoms with van der Waals surface area (Å²) in [6.07, 6.45) is 5.07. The van der Waals surface area contributed by atoms with E-state index in [1.54, 1.807) is 18.3 Å². The lowest BCUT2D eigenvalue weighted by Crippen LogP contribution is -2.14. The molecule has 0 atom stereocenters. The number of esters is 1. The minimum absolute atomic E-state index is 0.0624. The number of hydrogen-bond acceptors (Lipinski definition) is 5. The summed E-state index contributed by atoms with van der Waals surface area (Å²) < 4.78 is 5.14. The van der Waals surface area contributed by atoms with Crippen LogP contribution in [0.1, 0.15) is 40.5 Å². The Morgan fingerprint density at radius 1 is 1.40 bits per heavy atom. The lowest BCUT2D eigenvalue weighted by atomic mass is 10.2. The van der Waals surface area contributed by atoms with Crippen molar-refractivity contribution in [2.45, 2.75) is 25.4 Å².